The summed E-state index contributed by atoms with van der Waals surface area (Å²) in [4.78, 5) is 28.7. The zero-order valence-corrected chi connectivity index (χ0v) is 19.3. The van der Waals surface area contributed by atoms with E-state index in [1.807, 2.05) is 0 Å². The second kappa shape index (κ2) is 11.1. The Hall–Kier alpha value is -2.75. The molecule has 1 amide bonds. The lowest BCUT2D eigenvalue weighted by molar-refractivity contribution is -0.0929. The van der Waals surface area contributed by atoms with Gasteiger partial charge < -0.3 is 19.8 Å². The van der Waals surface area contributed by atoms with Gasteiger partial charge in [0.25, 0.3) is 0 Å². The van der Waals surface area contributed by atoms with E-state index in [0.717, 1.165) is 18.2 Å². The van der Waals surface area contributed by atoms with Gasteiger partial charge in [0, 0.05) is 34.3 Å². The van der Waals surface area contributed by atoms with Gasteiger partial charge in [-0.05, 0) is 43.2 Å². The van der Waals surface area contributed by atoms with Crippen LogP contribution in [-0.2, 0) is 17.1 Å². The molecular formula is C23H22Cl2F2N2O5. The van der Waals surface area contributed by atoms with Crippen molar-refractivity contribution in [2.24, 2.45) is 0 Å². The number of carbonyl (C=O) groups excluding carboxylic acids is 1. The first kappa shape index (κ1) is 25.9. The summed E-state index contributed by atoms with van der Waals surface area (Å²) in [7, 11) is 0. The first-order valence-corrected chi connectivity index (χ1v) is 11.2. The number of aliphatic hydroxyl groups is 1. The van der Waals surface area contributed by atoms with E-state index in [-0.39, 0.29) is 28.9 Å². The quantitative estimate of drug-likeness (QED) is 0.459. The summed E-state index contributed by atoms with van der Waals surface area (Å²) in [6, 6.07) is 7.45. The number of amides is 1. The molecule has 0 radical (unpaired) electrons. The van der Waals surface area contributed by atoms with Crippen molar-refractivity contribution in [2.45, 2.75) is 37.3 Å². The number of benzene rings is 1. The number of aromatic nitrogens is 1. The number of alkyl halides is 2. The monoisotopic (exact) mass is 514 g/mol. The zero-order chi connectivity index (χ0) is 24.9. The highest BCUT2D eigenvalue weighted by Gasteiger charge is 2.40. The maximum Gasteiger partial charge on any atom is 0.410 e. The van der Waals surface area contributed by atoms with Crippen molar-refractivity contribution in [3.8, 4) is 0 Å². The predicted octanol–water partition coefficient (Wildman–Crippen LogP) is 4.94. The van der Waals surface area contributed by atoms with Crippen LogP contribution in [0, 0.1) is 0 Å². The van der Waals surface area contributed by atoms with Gasteiger partial charge in [-0.1, -0.05) is 41.4 Å². The average molecular weight is 515 g/mol. The number of aryl methyl sites for hydroxylation is 1. The third-order valence-corrected chi connectivity index (χ3v) is 5.70. The van der Waals surface area contributed by atoms with Crippen LogP contribution in [0.3, 0.4) is 0 Å². The van der Waals surface area contributed by atoms with Crippen molar-refractivity contribution in [1.82, 2.24) is 9.88 Å². The Balaban J connectivity index is 1.66. The summed E-state index contributed by atoms with van der Waals surface area (Å²) in [5.41, 5.74) is -0.0580. The van der Waals surface area contributed by atoms with Gasteiger partial charge in [-0.15, -0.1) is 0 Å². The Morgan fingerprint density at radius 3 is 2.68 bits per heavy atom. The molecule has 1 aliphatic rings. The second-order valence-corrected chi connectivity index (χ2v) is 8.57. The third-order valence-electron chi connectivity index (χ3n) is 5.27. The summed E-state index contributed by atoms with van der Waals surface area (Å²) in [5.74, 6) is -4.80. The molecule has 3 rings (SSSR count). The molecule has 0 saturated carbocycles. The smallest absolute Gasteiger partial charge is 0.410 e. The molecule has 1 fully saturated rings. The number of rotatable bonds is 9. The molecule has 1 aromatic carbocycles. The average Bonchev–Trinajstić information content (AvgIpc) is 2.78. The van der Waals surface area contributed by atoms with Gasteiger partial charge in [-0.25, -0.2) is 14.6 Å². The van der Waals surface area contributed by atoms with E-state index in [4.69, 9.17) is 33.0 Å². The van der Waals surface area contributed by atoms with Crippen LogP contribution in [0.2, 0.25) is 10.0 Å². The Kier molecular flexibility index (Phi) is 8.46. The molecule has 2 N–H and O–H groups in total. The number of pyridine rings is 1. The lowest BCUT2D eigenvalue weighted by Crippen LogP contribution is -2.45. The summed E-state index contributed by atoms with van der Waals surface area (Å²) in [5, 5.41) is 19.3. The SMILES string of the molecule is O=C(O)c1cccc(CCCN2C(=O)OCCC2C=CC(O)C(F)(F)c2cc(Cl)cc(Cl)c2)n1. The van der Waals surface area contributed by atoms with E-state index in [9.17, 15) is 23.5 Å². The number of aromatic carboxylic acids is 1. The topological polar surface area (TPSA) is 100.0 Å². The van der Waals surface area contributed by atoms with Crippen LogP contribution in [0.5, 0.6) is 0 Å². The first-order valence-electron chi connectivity index (χ1n) is 10.4. The summed E-state index contributed by atoms with van der Waals surface area (Å²) >= 11 is 11.6. The number of carboxylic acids is 1. The number of hydrogen-bond donors (Lipinski definition) is 2. The fraction of sp³-hybridized carbons (Fsp3) is 0.348. The molecule has 34 heavy (non-hydrogen) atoms. The molecule has 2 unspecified atom stereocenters. The number of carbonyl (C=O) groups is 2. The molecule has 0 spiro atoms. The van der Waals surface area contributed by atoms with E-state index in [1.54, 1.807) is 12.1 Å². The predicted molar refractivity (Wildman–Crippen MR) is 121 cm³/mol. The summed E-state index contributed by atoms with van der Waals surface area (Å²) in [6.45, 7) is 0.339. The maximum absolute atomic E-state index is 14.7. The molecule has 2 heterocycles. The summed E-state index contributed by atoms with van der Waals surface area (Å²) in [6.07, 6.45) is 0.723. The van der Waals surface area contributed by atoms with Gasteiger partial charge in [0.2, 0.25) is 0 Å². The molecular weight excluding hydrogens is 493 g/mol. The van der Waals surface area contributed by atoms with Crippen molar-refractivity contribution in [3.05, 3.63) is 75.5 Å². The van der Waals surface area contributed by atoms with Gasteiger partial charge in [0.05, 0.1) is 12.6 Å². The number of hydrogen-bond acceptors (Lipinski definition) is 5. The molecule has 0 aliphatic carbocycles. The Morgan fingerprint density at radius 1 is 1.29 bits per heavy atom. The van der Waals surface area contributed by atoms with Crippen LogP contribution in [0.1, 0.15) is 34.6 Å². The molecule has 2 aromatic rings. The van der Waals surface area contributed by atoms with E-state index in [2.05, 4.69) is 4.98 Å². The van der Waals surface area contributed by atoms with Gasteiger partial charge in [0.1, 0.15) is 11.8 Å². The molecule has 1 saturated heterocycles. The Bertz CT molecular complexity index is 1060. The fourth-order valence-corrected chi connectivity index (χ4v) is 4.06. The normalized spacial score (nSPS) is 17.6. The molecule has 11 heteroatoms. The number of ether oxygens (including phenoxy) is 1. The molecule has 7 nitrogen and oxygen atoms in total. The van der Waals surface area contributed by atoms with Gasteiger partial charge in [-0.2, -0.15) is 8.78 Å². The number of carboxylic acid groups (broad SMARTS) is 1. The standard InChI is InChI=1S/C23H22Cl2F2N2O5/c24-15-11-14(12-16(25)13-15)23(26,27)20(30)7-6-18-8-10-34-22(33)29(18)9-2-4-17-3-1-5-19(28-17)21(31)32/h1,3,5-7,11-13,18,20,30H,2,4,8-10H2,(H,31,32). The minimum Gasteiger partial charge on any atom is -0.477 e. The van der Waals surface area contributed by atoms with Gasteiger partial charge in [0.15, 0.2) is 0 Å². The Morgan fingerprint density at radius 2 is 2.00 bits per heavy atom. The highest BCUT2D eigenvalue weighted by molar-refractivity contribution is 6.34. The molecule has 1 aliphatic heterocycles. The summed E-state index contributed by atoms with van der Waals surface area (Å²) < 4.78 is 34.6. The van der Waals surface area contributed by atoms with Gasteiger partial charge >= 0.3 is 18.0 Å². The molecule has 1 aromatic heterocycles. The van der Waals surface area contributed by atoms with E-state index < -0.39 is 35.7 Å². The van der Waals surface area contributed by atoms with E-state index in [1.165, 1.54) is 23.1 Å². The molecule has 182 valence electrons. The van der Waals surface area contributed by atoms with Crippen LogP contribution in [0.15, 0.2) is 48.6 Å². The molecule has 2 atom stereocenters. The van der Waals surface area contributed by atoms with Crippen molar-refractivity contribution in [3.63, 3.8) is 0 Å². The van der Waals surface area contributed by atoms with Gasteiger partial charge in [-0.3, -0.25) is 0 Å². The number of nitrogens with zero attached hydrogens (tertiary/aromatic N) is 2. The number of cyclic esters (lactones) is 1. The van der Waals surface area contributed by atoms with Crippen LogP contribution >= 0.6 is 23.2 Å². The van der Waals surface area contributed by atoms with Crippen molar-refractivity contribution >= 4 is 35.3 Å². The Labute approximate surface area is 204 Å². The zero-order valence-electron chi connectivity index (χ0n) is 17.8. The van der Waals surface area contributed by atoms with Crippen LogP contribution < -0.4 is 0 Å². The number of aliphatic hydroxyl groups excluding tert-OH is 1. The van der Waals surface area contributed by atoms with Crippen molar-refractivity contribution in [2.75, 3.05) is 13.2 Å². The lowest BCUT2D eigenvalue weighted by Gasteiger charge is -2.33. The van der Waals surface area contributed by atoms with Crippen LogP contribution in [0.25, 0.3) is 0 Å². The van der Waals surface area contributed by atoms with E-state index >= 15 is 0 Å². The van der Waals surface area contributed by atoms with Crippen LogP contribution in [-0.4, -0.2) is 57.5 Å². The minimum absolute atomic E-state index is 0.0166. The lowest BCUT2D eigenvalue weighted by atomic mass is 10.0. The van der Waals surface area contributed by atoms with Crippen molar-refractivity contribution < 1.29 is 33.3 Å². The van der Waals surface area contributed by atoms with E-state index in [0.29, 0.717) is 25.0 Å². The third kappa shape index (κ3) is 6.43. The largest absolute Gasteiger partial charge is 0.477 e. The number of halogens is 4. The fourth-order valence-electron chi connectivity index (χ4n) is 3.54. The minimum atomic E-state index is -3.66. The van der Waals surface area contributed by atoms with Crippen LogP contribution in [0.4, 0.5) is 13.6 Å². The highest BCUT2D eigenvalue weighted by atomic mass is 35.5. The second-order valence-electron chi connectivity index (χ2n) is 7.70. The van der Waals surface area contributed by atoms with Crippen molar-refractivity contribution in [1.29, 1.82) is 0 Å². The molecule has 0 bridgehead atoms. The first-order chi connectivity index (χ1) is 16.1. The highest BCUT2D eigenvalue weighted by Crippen LogP contribution is 2.36. The maximum atomic E-state index is 14.7.